The van der Waals surface area contributed by atoms with Crippen molar-refractivity contribution in [2.45, 2.75) is 116 Å². The highest BCUT2D eigenvalue weighted by atomic mass is 32.2. The lowest BCUT2D eigenvalue weighted by Crippen LogP contribution is -2.45. The van der Waals surface area contributed by atoms with E-state index in [1.807, 2.05) is 12.1 Å². The van der Waals surface area contributed by atoms with Crippen LogP contribution in [0.3, 0.4) is 0 Å². The molecule has 4 aromatic carbocycles. The Balaban J connectivity index is 0.878. The van der Waals surface area contributed by atoms with E-state index in [2.05, 4.69) is 133 Å². The number of anilines is 1. The fourth-order valence-corrected chi connectivity index (χ4v) is 15.3. The summed E-state index contributed by atoms with van der Waals surface area (Å²) in [6.07, 6.45) is 15.7. The topological polar surface area (TPSA) is 305 Å². The number of carbonyl (C=O) groups excluding carboxylic acids is 1. The Kier molecular flexibility index (Phi) is 28.6. The maximum absolute atomic E-state index is 13.2. The summed E-state index contributed by atoms with van der Waals surface area (Å²) < 4.78 is 86.4. The summed E-state index contributed by atoms with van der Waals surface area (Å²) in [7, 11) is -8.23. The highest BCUT2D eigenvalue weighted by Gasteiger charge is 2.46. The van der Waals surface area contributed by atoms with E-state index in [1.165, 1.54) is 11.1 Å². The Morgan fingerprint density at radius 1 is 0.592 bits per heavy atom. The van der Waals surface area contributed by atoms with Crippen LogP contribution in [0.25, 0.3) is 21.5 Å². The van der Waals surface area contributed by atoms with E-state index < -0.39 is 49.0 Å². The molecular weight excluding hydrogens is 1290 g/mol. The number of carboxylic acid groups (broad SMARTS) is 3. The van der Waals surface area contributed by atoms with Gasteiger partial charge in [-0.1, -0.05) is 80.6 Å². The fourth-order valence-electron chi connectivity index (χ4n) is 14.2. The van der Waals surface area contributed by atoms with Crippen LogP contribution in [0.2, 0.25) is 0 Å². The van der Waals surface area contributed by atoms with Gasteiger partial charge in [0, 0.05) is 112 Å². The molecule has 1 fully saturated rings. The molecule has 4 aromatic rings. The second kappa shape index (κ2) is 36.4. The largest absolute Gasteiger partial charge is 0.480 e. The van der Waals surface area contributed by atoms with Gasteiger partial charge in [-0.25, -0.2) is 0 Å². The third kappa shape index (κ3) is 22.6. The summed E-state index contributed by atoms with van der Waals surface area (Å²) in [5, 5.41) is 40.0. The van der Waals surface area contributed by atoms with Crippen molar-refractivity contribution in [3.8, 4) is 0 Å². The highest BCUT2D eigenvalue weighted by Crippen LogP contribution is 2.51. The van der Waals surface area contributed by atoms with Crippen molar-refractivity contribution in [1.29, 1.82) is 0 Å². The van der Waals surface area contributed by atoms with E-state index in [9.17, 15) is 60.4 Å². The predicted molar refractivity (Wildman–Crippen MR) is 381 cm³/mol. The molecule has 8 rings (SSSR count). The summed E-state index contributed by atoms with van der Waals surface area (Å²) in [6, 6.07) is 25.4. The Hall–Kier alpha value is -6.91. The molecule has 98 heavy (non-hydrogen) atoms. The molecule has 1 saturated heterocycles. The minimum atomic E-state index is -4.11. The second-order valence-electron chi connectivity index (χ2n) is 27.1. The average molecular weight is 1400 g/mol. The van der Waals surface area contributed by atoms with Crippen molar-refractivity contribution >= 4 is 82.7 Å². The van der Waals surface area contributed by atoms with Gasteiger partial charge in [0.05, 0.1) is 63.0 Å². The summed E-state index contributed by atoms with van der Waals surface area (Å²) in [4.78, 5) is 55.6. The molecule has 25 heteroatoms. The number of aliphatic carboxylic acids is 3. The third-order valence-corrected chi connectivity index (χ3v) is 20.6. The number of hydrogen-bond donors (Lipinski definition) is 7. The lowest BCUT2D eigenvalue weighted by Gasteiger charge is -2.31. The number of unbranched alkanes of at least 4 members (excludes halogenated alkanes) is 2. The van der Waals surface area contributed by atoms with Gasteiger partial charge in [0.25, 0.3) is 20.2 Å². The molecule has 536 valence electrons. The summed E-state index contributed by atoms with van der Waals surface area (Å²) in [6.45, 7) is 14.8. The SMILES string of the molecule is CC1(C)C(/C=C/C2=C(NCCCOCCOCCOCCCNC(=O)CC3CCN(CC(=O)O)CCN(CC(=O)O)CCN(CC(=O)O)CC3)C(=C/C=C3/N(CCCCS(=O)(=O)O)c4ccc5ccccc5c4C3(C)C)/CCC2)=[N+](CCCCS(=O)(=O)O)c2ccc3ccccc3c21. The van der Waals surface area contributed by atoms with Gasteiger partial charge in [0.1, 0.15) is 6.54 Å². The number of hydrogen-bond acceptors (Lipinski definition) is 16. The molecule has 3 aliphatic heterocycles. The molecule has 1 amide bonds. The van der Waals surface area contributed by atoms with Crippen LogP contribution in [0.5, 0.6) is 0 Å². The first-order valence-electron chi connectivity index (χ1n) is 34.6. The van der Waals surface area contributed by atoms with Crippen LogP contribution in [0.4, 0.5) is 11.4 Å². The molecule has 0 unspecified atom stereocenters. The lowest BCUT2D eigenvalue weighted by atomic mass is 9.78. The quantitative estimate of drug-likeness (QED) is 0.0127. The van der Waals surface area contributed by atoms with Gasteiger partial charge in [0.2, 0.25) is 11.6 Å². The maximum Gasteiger partial charge on any atom is 0.317 e. The summed E-state index contributed by atoms with van der Waals surface area (Å²) >= 11 is 0. The molecule has 0 bridgehead atoms. The standard InChI is InChI=1S/C73H101N7O16S2/c1-72(2)63(79(34-9-11-48-97(88,89)90)61-26-22-55-16-5-7-20-59(55)69(61)72)28-24-57-18-13-19-58(25-29-64-73(3,4)70-60-21-8-6-17-56(60)23-27-62(70)80(64)35-10-12-49-98(91,92)93)71(57)75-33-15-43-95-45-47-96-46-44-94-42-14-32-74-65(81)50-54-30-36-76(51-66(82)83)38-40-78(53-68(86)87)41-39-77(37-31-54)52-67(84)85/h5-8,16-17,20-29,54H,9-15,18-19,30-53H2,1-4H3,(H6,74,81,82,83,84,85,86,87,88,89,90,91,92,93)/p+1/b57-24+,63-28+. The molecule has 0 spiro atoms. The van der Waals surface area contributed by atoms with Gasteiger partial charge in [-0.05, 0) is 154 Å². The highest BCUT2D eigenvalue weighted by molar-refractivity contribution is 7.86. The molecular formula is C73H102N7O16S2+. The zero-order chi connectivity index (χ0) is 70.5. The van der Waals surface area contributed by atoms with E-state index in [4.69, 9.17) is 14.2 Å². The molecule has 1 aliphatic carbocycles. The Bertz CT molecular complexity index is 3800. The molecule has 0 aromatic heterocycles. The van der Waals surface area contributed by atoms with Crippen LogP contribution in [0.15, 0.2) is 120 Å². The molecule has 3 heterocycles. The van der Waals surface area contributed by atoms with Crippen molar-refractivity contribution < 1.29 is 79.2 Å². The number of ether oxygens (including phenoxy) is 3. The minimum Gasteiger partial charge on any atom is -0.480 e. The average Bonchev–Trinajstić information content (AvgIpc) is 1.58. The van der Waals surface area contributed by atoms with Crippen LogP contribution in [-0.4, -0.2) is 226 Å². The lowest BCUT2D eigenvalue weighted by molar-refractivity contribution is -0.438. The molecule has 4 aliphatic rings. The van der Waals surface area contributed by atoms with Crippen molar-refractivity contribution in [1.82, 2.24) is 25.3 Å². The molecule has 0 radical (unpaired) electrons. The van der Waals surface area contributed by atoms with Crippen LogP contribution >= 0.6 is 0 Å². The Labute approximate surface area is 577 Å². The first-order valence-corrected chi connectivity index (χ1v) is 37.8. The number of carboxylic acids is 3. The smallest absolute Gasteiger partial charge is 0.317 e. The van der Waals surface area contributed by atoms with Gasteiger partial charge < -0.3 is 45.1 Å². The molecule has 23 nitrogen and oxygen atoms in total. The van der Waals surface area contributed by atoms with E-state index in [0.717, 1.165) is 80.4 Å². The van der Waals surface area contributed by atoms with Crippen LogP contribution in [-0.2, 0) is 64.5 Å². The number of nitrogens with one attached hydrogen (secondary N) is 2. The second-order valence-corrected chi connectivity index (χ2v) is 30.2. The monoisotopic (exact) mass is 1400 g/mol. The maximum atomic E-state index is 13.2. The molecule has 0 saturated carbocycles. The number of nitrogens with zero attached hydrogens (tertiary/aromatic N) is 5. The van der Waals surface area contributed by atoms with Crippen molar-refractivity contribution in [2.75, 3.05) is 141 Å². The van der Waals surface area contributed by atoms with Gasteiger partial charge in [-0.3, -0.25) is 43.0 Å². The molecule has 0 atom stereocenters. The molecule has 7 N–H and O–H groups in total. The fraction of sp³-hybridized carbons (Fsp3) is 0.548. The summed E-state index contributed by atoms with van der Waals surface area (Å²) in [5.41, 5.74) is 9.24. The van der Waals surface area contributed by atoms with E-state index >= 15 is 0 Å². The zero-order valence-corrected chi connectivity index (χ0v) is 59.1. The number of benzene rings is 4. The number of fused-ring (bicyclic) bond motifs is 6. The number of amides is 1. The van der Waals surface area contributed by atoms with E-state index in [1.54, 1.807) is 14.7 Å². The zero-order valence-electron chi connectivity index (χ0n) is 57.4. The third-order valence-electron chi connectivity index (χ3n) is 19.0. The van der Waals surface area contributed by atoms with Gasteiger partial charge >= 0.3 is 17.9 Å². The van der Waals surface area contributed by atoms with E-state index in [-0.39, 0.29) is 49.4 Å². The normalized spacial score (nSPS) is 18.6. The first-order chi connectivity index (χ1) is 46.8. The Morgan fingerprint density at radius 2 is 1.12 bits per heavy atom. The van der Waals surface area contributed by atoms with Crippen LogP contribution in [0, 0.1) is 5.92 Å². The van der Waals surface area contributed by atoms with E-state index in [0.29, 0.717) is 156 Å². The van der Waals surface area contributed by atoms with Crippen molar-refractivity contribution in [3.05, 3.63) is 131 Å². The van der Waals surface area contributed by atoms with Crippen molar-refractivity contribution in [2.24, 2.45) is 5.92 Å². The summed E-state index contributed by atoms with van der Waals surface area (Å²) in [5.74, 6) is -3.93. The van der Waals surface area contributed by atoms with Crippen LogP contribution in [0.1, 0.15) is 116 Å². The van der Waals surface area contributed by atoms with Crippen molar-refractivity contribution in [3.63, 3.8) is 0 Å². The predicted octanol–water partition coefficient (Wildman–Crippen LogP) is 8.80. The minimum absolute atomic E-state index is 0.133. The van der Waals surface area contributed by atoms with Gasteiger partial charge in [-0.2, -0.15) is 21.4 Å². The van der Waals surface area contributed by atoms with Crippen LogP contribution < -0.4 is 15.5 Å². The first kappa shape index (κ1) is 76.8. The van der Waals surface area contributed by atoms with Gasteiger partial charge in [-0.15, -0.1) is 0 Å². The number of carbonyl (C=O) groups is 4. The van der Waals surface area contributed by atoms with Gasteiger partial charge in [0.15, 0.2) is 5.71 Å². The number of allylic oxidation sites excluding steroid dienone is 7. The number of rotatable bonds is 36. The Morgan fingerprint density at radius 3 is 1.70 bits per heavy atom.